The van der Waals surface area contributed by atoms with E-state index in [9.17, 15) is 4.39 Å². The first-order chi connectivity index (χ1) is 14.1. The molecule has 0 bridgehead atoms. The lowest BCUT2D eigenvalue weighted by atomic mass is 9.74. The van der Waals surface area contributed by atoms with Crippen LogP contribution in [0.3, 0.4) is 0 Å². The van der Waals surface area contributed by atoms with Gasteiger partial charge in [0.25, 0.3) is 0 Å². The fourth-order valence-electron chi connectivity index (χ4n) is 4.42. The molecule has 1 aromatic rings. The third-order valence-corrected chi connectivity index (χ3v) is 6.52. The first-order valence-electron chi connectivity index (χ1n) is 11.1. The van der Waals surface area contributed by atoms with E-state index in [1.807, 2.05) is 6.07 Å². The van der Waals surface area contributed by atoms with E-state index in [4.69, 9.17) is 4.74 Å². The third kappa shape index (κ3) is 6.41. The molecule has 0 aliphatic carbocycles. The van der Waals surface area contributed by atoms with E-state index in [2.05, 4.69) is 27.4 Å². The largest absolute Gasteiger partial charge is 0.381 e. The SMILES string of the molecule is CN=C(NCCCN1CCC(C)CC1)NCC1(c2cccc(F)c2)CCOCC1. The molecule has 0 radical (unpaired) electrons. The third-order valence-electron chi connectivity index (χ3n) is 6.52. The molecule has 0 unspecified atom stereocenters. The second-order valence-corrected chi connectivity index (χ2v) is 8.63. The van der Waals surface area contributed by atoms with Crippen molar-refractivity contribution in [1.29, 1.82) is 0 Å². The number of guanidine groups is 1. The fourth-order valence-corrected chi connectivity index (χ4v) is 4.42. The minimum Gasteiger partial charge on any atom is -0.381 e. The summed E-state index contributed by atoms with van der Waals surface area (Å²) in [6.45, 7) is 8.99. The number of hydrogen-bond donors (Lipinski definition) is 2. The first-order valence-corrected chi connectivity index (χ1v) is 11.1. The van der Waals surface area contributed by atoms with Crippen molar-refractivity contribution in [3.63, 3.8) is 0 Å². The molecule has 3 rings (SSSR count). The Kier molecular flexibility index (Phi) is 8.30. The predicted molar refractivity (Wildman–Crippen MR) is 117 cm³/mol. The summed E-state index contributed by atoms with van der Waals surface area (Å²) in [6, 6.07) is 7.01. The molecule has 2 aliphatic heterocycles. The summed E-state index contributed by atoms with van der Waals surface area (Å²) >= 11 is 0. The van der Waals surface area contributed by atoms with Crippen molar-refractivity contribution in [1.82, 2.24) is 15.5 Å². The molecular weight excluding hydrogens is 367 g/mol. The number of nitrogens with one attached hydrogen (secondary N) is 2. The van der Waals surface area contributed by atoms with Gasteiger partial charge in [-0.05, 0) is 75.4 Å². The van der Waals surface area contributed by atoms with Gasteiger partial charge in [-0.1, -0.05) is 19.1 Å². The Morgan fingerprint density at radius 1 is 1.24 bits per heavy atom. The van der Waals surface area contributed by atoms with Crippen LogP contribution in [0.5, 0.6) is 0 Å². The molecule has 2 fully saturated rings. The summed E-state index contributed by atoms with van der Waals surface area (Å²) in [7, 11) is 1.81. The van der Waals surface area contributed by atoms with Crippen LogP contribution in [0.2, 0.25) is 0 Å². The molecule has 0 amide bonds. The van der Waals surface area contributed by atoms with Gasteiger partial charge in [0.1, 0.15) is 5.82 Å². The van der Waals surface area contributed by atoms with Gasteiger partial charge in [0.15, 0.2) is 5.96 Å². The van der Waals surface area contributed by atoms with Crippen LogP contribution in [-0.4, -0.2) is 63.8 Å². The van der Waals surface area contributed by atoms with Crippen molar-refractivity contribution in [2.75, 3.05) is 53.0 Å². The summed E-state index contributed by atoms with van der Waals surface area (Å²) in [5.41, 5.74) is 0.922. The maximum Gasteiger partial charge on any atom is 0.191 e. The van der Waals surface area contributed by atoms with Crippen molar-refractivity contribution in [2.24, 2.45) is 10.9 Å². The Bertz CT molecular complexity index is 652. The summed E-state index contributed by atoms with van der Waals surface area (Å²) in [6.07, 6.45) is 5.52. The monoisotopic (exact) mass is 404 g/mol. The summed E-state index contributed by atoms with van der Waals surface area (Å²) < 4.78 is 19.4. The van der Waals surface area contributed by atoms with E-state index >= 15 is 0 Å². The average Bonchev–Trinajstić information content (AvgIpc) is 2.75. The van der Waals surface area contributed by atoms with Crippen LogP contribution in [-0.2, 0) is 10.2 Å². The Morgan fingerprint density at radius 2 is 2.00 bits per heavy atom. The van der Waals surface area contributed by atoms with Gasteiger partial charge in [-0.2, -0.15) is 0 Å². The van der Waals surface area contributed by atoms with Crippen LogP contribution < -0.4 is 10.6 Å². The highest BCUT2D eigenvalue weighted by atomic mass is 19.1. The van der Waals surface area contributed by atoms with Crippen LogP contribution in [0.1, 0.15) is 44.6 Å². The van der Waals surface area contributed by atoms with Crippen LogP contribution in [0.25, 0.3) is 0 Å². The Morgan fingerprint density at radius 3 is 2.69 bits per heavy atom. The highest BCUT2D eigenvalue weighted by molar-refractivity contribution is 5.79. The van der Waals surface area contributed by atoms with Crippen molar-refractivity contribution >= 4 is 5.96 Å². The molecule has 162 valence electrons. The van der Waals surface area contributed by atoms with E-state index in [1.54, 1.807) is 19.2 Å². The number of likely N-dealkylation sites (tertiary alicyclic amines) is 1. The van der Waals surface area contributed by atoms with Crippen molar-refractivity contribution in [2.45, 2.75) is 44.4 Å². The van der Waals surface area contributed by atoms with E-state index in [0.717, 1.165) is 56.3 Å². The smallest absolute Gasteiger partial charge is 0.191 e. The normalized spacial score (nSPS) is 21.1. The lowest BCUT2D eigenvalue weighted by Gasteiger charge is -2.38. The molecule has 0 atom stereocenters. The molecule has 5 nitrogen and oxygen atoms in total. The quantitative estimate of drug-likeness (QED) is 0.416. The summed E-state index contributed by atoms with van der Waals surface area (Å²) in [5.74, 6) is 1.52. The van der Waals surface area contributed by atoms with Gasteiger partial charge >= 0.3 is 0 Å². The first kappa shape index (κ1) is 22.0. The summed E-state index contributed by atoms with van der Waals surface area (Å²) in [4.78, 5) is 6.95. The maximum absolute atomic E-state index is 13.8. The van der Waals surface area contributed by atoms with E-state index in [0.29, 0.717) is 13.2 Å². The van der Waals surface area contributed by atoms with Crippen molar-refractivity contribution < 1.29 is 9.13 Å². The van der Waals surface area contributed by atoms with Gasteiger partial charge in [0, 0.05) is 38.8 Å². The lowest BCUT2D eigenvalue weighted by Crippen LogP contribution is -2.48. The highest BCUT2D eigenvalue weighted by Gasteiger charge is 2.35. The predicted octanol–water partition coefficient (Wildman–Crippen LogP) is 3.16. The molecule has 0 aromatic heterocycles. The van der Waals surface area contributed by atoms with Gasteiger partial charge < -0.3 is 20.3 Å². The zero-order valence-electron chi connectivity index (χ0n) is 18.1. The van der Waals surface area contributed by atoms with E-state index < -0.39 is 0 Å². The number of halogens is 1. The molecule has 0 saturated carbocycles. The van der Waals surface area contributed by atoms with Crippen molar-refractivity contribution in [3.05, 3.63) is 35.6 Å². The highest BCUT2D eigenvalue weighted by Crippen LogP contribution is 2.34. The van der Waals surface area contributed by atoms with Gasteiger partial charge in [0.2, 0.25) is 0 Å². The Labute approximate surface area is 175 Å². The van der Waals surface area contributed by atoms with Crippen LogP contribution >= 0.6 is 0 Å². The van der Waals surface area contributed by atoms with Crippen LogP contribution in [0, 0.1) is 11.7 Å². The number of aliphatic imine (C=N–C) groups is 1. The fraction of sp³-hybridized carbons (Fsp3) is 0.696. The van der Waals surface area contributed by atoms with E-state index in [1.165, 1.54) is 32.0 Å². The van der Waals surface area contributed by atoms with Gasteiger partial charge in [-0.15, -0.1) is 0 Å². The second kappa shape index (κ2) is 10.9. The summed E-state index contributed by atoms with van der Waals surface area (Å²) in [5, 5.41) is 6.93. The number of benzene rings is 1. The number of rotatable bonds is 7. The minimum absolute atomic E-state index is 0.123. The molecule has 29 heavy (non-hydrogen) atoms. The average molecular weight is 405 g/mol. The van der Waals surface area contributed by atoms with Crippen molar-refractivity contribution in [3.8, 4) is 0 Å². The van der Waals surface area contributed by atoms with Crippen LogP contribution in [0.4, 0.5) is 4.39 Å². The molecule has 0 spiro atoms. The van der Waals surface area contributed by atoms with Gasteiger partial charge in [0.05, 0.1) is 0 Å². The molecule has 2 saturated heterocycles. The van der Waals surface area contributed by atoms with Gasteiger partial charge in [-0.3, -0.25) is 4.99 Å². The molecule has 2 N–H and O–H groups in total. The zero-order valence-corrected chi connectivity index (χ0v) is 18.1. The zero-order chi connectivity index (χ0) is 20.5. The Balaban J connectivity index is 1.47. The standard InChI is InChI=1S/C23H37FN4O/c1-19-7-13-28(14-8-19)12-4-11-26-22(25-2)27-18-23(9-15-29-16-10-23)20-5-3-6-21(24)17-20/h3,5-6,17,19H,4,7-16,18H2,1-2H3,(H2,25,26,27). The molecule has 2 aliphatic rings. The number of nitrogens with zero attached hydrogens (tertiary/aromatic N) is 2. The van der Waals surface area contributed by atoms with E-state index in [-0.39, 0.29) is 11.2 Å². The molecule has 2 heterocycles. The Hall–Kier alpha value is -1.66. The number of hydrogen-bond acceptors (Lipinski definition) is 3. The molecule has 1 aromatic carbocycles. The van der Waals surface area contributed by atoms with Gasteiger partial charge in [-0.25, -0.2) is 4.39 Å². The number of ether oxygens (including phenoxy) is 1. The lowest BCUT2D eigenvalue weighted by molar-refractivity contribution is 0.0513. The molecule has 6 heteroatoms. The number of piperidine rings is 1. The second-order valence-electron chi connectivity index (χ2n) is 8.63. The molecular formula is C23H37FN4O. The maximum atomic E-state index is 13.8. The topological polar surface area (TPSA) is 48.9 Å². The minimum atomic E-state index is -0.178. The van der Waals surface area contributed by atoms with Crippen LogP contribution in [0.15, 0.2) is 29.3 Å².